The van der Waals surface area contributed by atoms with E-state index in [1.807, 2.05) is 0 Å². The van der Waals surface area contributed by atoms with Gasteiger partial charge in [-0.2, -0.15) is 0 Å². The number of phosphoric acid groups is 1. The van der Waals surface area contributed by atoms with Gasteiger partial charge < -0.3 is 25.0 Å². The molecule has 4 heterocycles. The van der Waals surface area contributed by atoms with Gasteiger partial charge in [0.25, 0.3) is 7.82 Å². The van der Waals surface area contributed by atoms with Gasteiger partial charge in [0.1, 0.15) is 24.1 Å². The number of fused-ring (bicyclic) bond motifs is 2. The van der Waals surface area contributed by atoms with Crippen molar-refractivity contribution in [3.8, 4) is 0 Å². The third-order valence-corrected chi connectivity index (χ3v) is 4.28. The standard InChI is InChI=1S/C9H10N5O6P/c10-6-3-7(12-1-11-6)14(2-13-3)8-4(15)5-9(18-8)20-21(16,17)19-5/h1-2,4-5,8-9,15H,(H,16,17)(H2,10,11,12)/p-1/t4?,5-,8-,9-/m1/s1. The summed E-state index contributed by atoms with van der Waals surface area (Å²) >= 11 is 0. The molecule has 2 aliphatic heterocycles. The Bertz CT molecular complexity index is 766. The molecular formula is C9H9N5O6P-. The van der Waals surface area contributed by atoms with E-state index in [0.717, 1.165) is 0 Å². The molecule has 21 heavy (non-hydrogen) atoms. The fourth-order valence-electron chi connectivity index (χ4n) is 2.40. The second kappa shape index (κ2) is 4.19. The van der Waals surface area contributed by atoms with Crippen molar-refractivity contribution < 1.29 is 28.3 Å². The number of aliphatic hydroxyl groups is 1. The minimum Gasteiger partial charge on any atom is -0.756 e. The molecule has 4 rings (SSSR count). The van der Waals surface area contributed by atoms with Gasteiger partial charge in [0.05, 0.1) is 6.33 Å². The van der Waals surface area contributed by atoms with Gasteiger partial charge in [0.15, 0.2) is 24.0 Å². The molecule has 12 heteroatoms. The zero-order valence-electron chi connectivity index (χ0n) is 10.3. The average molecular weight is 314 g/mol. The SMILES string of the molecule is Nc1ncnc2c1ncn2[C@@H]1O[C@@H]2OP(=O)([O-])O[C@@H]2C1O. The van der Waals surface area contributed by atoms with Crippen molar-refractivity contribution in [1.82, 2.24) is 19.5 Å². The van der Waals surface area contributed by atoms with Crippen molar-refractivity contribution in [2.75, 3.05) is 5.73 Å². The van der Waals surface area contributed by atoms with Crippen LogP contribution in [0.4, 0.5) is 5.82 Å². The van der Waals surface area contributed by atoms with Crippen molar-refractivity contribution in [3.05, 3.63) is 12.7 Å². The van der Waals surface area contributed by atoms with Crippen molar-refractivity contribution in [2.24, 2.45) is 0 Å². The summed E-state index contributed by atoms with van der Waals surface area (Å²) in [6, 6.07) is 0. The lowest BCUT2D eigenvalue weighted by Gasteiger charge is -2.21. The van der Waals surface area contributed by atoms with Crippen LogP contribution in [0.2, 0.25) is 0 Å². The average Bonchev–Trinajstić information content (AvgIpc) is 3.04. The summed E-state index contributed by atoms with van der Waals surface area (Å²) in [4.78, 5) is 23.0. The Labute approximate surface area is 116 Å². The molecule has 5 atom stereocenters. The van der Waals surface area contributed by atoms with Crippen molar-refractivity contribution >= 4 is 24.8 Å². The van der Waals surface area contributed by atoms with Crippen LogP contribution in [0, 0.1) is 0 Å². The van der Waals surface area contributed by atoms with Crippen molar-refractivity contribution in [2.45, 2.75) is 24.7 Å². The minimum atomic E-state index is -4.42. The topological polar surface area (TPSA) is 158 Å². The van der Waals surface area contributed by atoms with Crippen LogP contribution in [-0.4, -0.2) is 43.1 Å². The molecule has 2 aromatic heterocycles. The highest BCUT2D eigenvalue weighted by Gasteiger charge is 2.53. The zero-order valence-corrected chi connectivity index (χ0v) is 11.2. The molecule has 11 nitrogen and oxygen atoms in total. The highest BCUT2D eigenvalue weighted by molar-refractivity contribution is 7.46. The van der Waals surface area contributed by atoms with Crippen LogP contribution in [0.15, 0.2) is 12.7 Å². The molecule has 2 fully saturated rings. The maximum atomic E-state index is 11.2. The number of aliphatic hydroxyl groups excluding tert-OH is 1. The number of nitrogens with two attached hydrogens (primary N) is 1. The molecule has 0 spiro atoms. The monoisotopic (exact) mass is 314 g/mol. The lowest BCUT2D eigenvalue weighted by atomic mass is 10.2. The molecule has 2 saturated heterocycles. The summed E-state index contributed by atoms with van der Waals surface area (Å²) in [5.41, 5.74) is 6.37. The smallest absolute Gasteiger partial charge is 0.270 e. The van der Waals surface area contributed by atoms with Gasteiger partial charge in [-0.1, -0.05) is 0 Å². The number of rotatable bonds is 1. The number of aromatic nitrogens is 4. The number of hydrogen-bond acceptors (Lipinski definition) is 10. The number of imidazole rings is 1. The van der Waals surface area contributed by atoms with Crippen LogP contribution in [0.5, 0.6) is 0 Å². The fourth-order valence-corrected chi connectivity index (χ4v) is 3.40. The number of nitrogens with zero attached hydrogens (tertiary/aromatic N) is 4. The number of hydrogen-bond donors (Lipinski definition) is 2. The molecule has 112 valence electrons. The van der Waals surface area contributed by atoms with E-state index in [4.69, 9.17) is 10.5 Å². The lowest BCUT2D eigenvalue weighted by molar-refractivity contribution is -0.227. The molecule has 0 aromatic carbocycles. The number of phosphoric ester groups is 1. The first kappa shape index (κ1) is 13.1. The van der Waals surface area contributed by atoms with Crippen LogP contribution in [0.25, 0.3) is 11.2 Å². The number of nitrogen functional groups attached to an aromatic ring is 1. The van der Waals surface area contributed by atoms with Gasteiger partial charge in [-0.3, -0.25) is 13.7 Å². The minimum absolute atomic E-state index is 0.183. The van der Waals surface area contributed by atoms with E-state index >= 15 is 0 Å². The molecule has 2 aromatic rings. The molecule has 0 bridgehead atoms. The summed E-state index contributed by atoms with van der Waals surface area (Å²) in [5, 5.41) is 10.2. The number of anilines is 1. The molecular weight excluding hydrogens is 305 g/mol. The third kappa shape index (κ3) is 1.87. The first-order chi connectivity index (χ1) is 9.96. The highest BCUT2D eigenvalue weighted by atomic mass is 31.2. The Morgan fingerprint density at radius 2 is 2.19 bits per heavy atom. The van der Waals surface area contributed by atoms with Crippen LogP contribution in [0.3, 0.4) is 0 Å². The Morgan fingerprint density at radius 1 is 1.38 bits per heavy atom. The van der Waals surface area contributed by atoms with Gasteiger partial charge in [-0.15, -0.1) is 0 Å². The first-order valence-electron chi connectivity index (χ1n) is 5.91. The fraction of sp³-hybridized carbons (Fsp3) is 0.444. The van der Waals surface area contributed by atoms with Crippen molar-refractivity contribution in [3.63, 3.8) is 0 Å². The quantitative estimate of drug-likeness (QED) is 0.594. The van der Waals surface area contributed by atoms with E-state index in [0.29, 0.717) is 11.2 Å². The van der Waals surface area contributed by atoms with E-state index in [9.17, 15) is 14.6 Å². The summed E-state index contributed by atoms with van der Waals surface area (Å²) in [5.74, 6) is 0.183. The highest BCUT2D eigenvalue weighted by Crippen LogP contribution is 2.54. The van der Waals surface area contributed by atoms with Gasteiger partial charge in [0, 0.05) is 0 Å². The largest absolute Gasteiger partial charge is 0.756 e. The summed E-state index contributed by atoms with van der Waals surface area (Å²) in [6.07, 6.45) is -1.95. The molecule has 2 aliphatic rings. The van der Waals surface area contributed by atoms with Crippen LogP contribution < -0.4 is 10.6 Å². The molecule has 0 amide bonds. The summed E-state index contributed by atoms with van der Waals surface area (Å²) < 4.78 is 27.2. The summed E-state index contributed by atoms with van der Waals surface area (Å²) in [7, 11) is -4.42. The first-order valence-corrected chi connectivity index (χ1v) is 7.37. The molecule has 0 radical (unpaired) electrons. The van der Waals surface area contributed by atoms with Gasteiger partial charge in [0.2, 0.25) is 0 Å². The molecule has 3 N–H and O–H groups in total. The number of ether oxygens (including phenoxy) is 1. The van der Waals surface area contributed by atoms with E-state index in [1.165, 1.54) is 17.2 Å². The van der Waals surface area contributed by atoms with E-state index in [1.54, 1.807) is 0 Å². The third-order valence-electron chi connectivity index (χ3n) is 3.32. The summed E-state index contributed by atoms with van der Waals surface area (Å²) in [6.45, 7) is 0. The maximum absolute atomic E-state index is 11.2. The molecule has 2 unspecified atom stereocenters. The van der Waals surface area contributed by atoms with E-state index < -0.39 is 32.5 Å². The van der Waals surface area contributed by atoms with Crippen LogP contribution >= 0.6 is 7.82 Å². The van der Waals surface area contributed by atoms with Gasteiger partial charge in [-0.05, 0) is 0 Å². The molecule has 0 saturated carbocycles. The van der Waals surface area contributed by atoms with Crippen LogP contribution in [0.1, 0.15) is 6.23 Å². The van der Waals surface area contributed by atoms with Gasteiger partial charge in [-0.25, -0.2) is 15.0 Å². The Balaban J connectivity index is 1.72. The Morgan fingerprint density at radius 3 is 2.95 bits per heavy atom. The predicted octanol–water partition coefficient (Wildman–Crippen LogP) is -1.49. The molecule has 0 aliphatic carbocycles. The zero-order chi connectivity index (χ0) is 14.8. The second-order valence-electron chi connectivity index (χ2n) is 4.59. The van der Waals surface area contributed by atoms with E-state index in [2.05, 4.69) is 24.0 Å². The Kier molecular flexibility index (Phi) is 2.61. The van der Waals surface area contributed by atoms with Gasteiger partial charge >= 0.3 is 0 Å². The lowest BCUT2D eigenvalue weighted by Crippen LogP contribution is -2.30. The maximum Gasteiger partial charge on any atom is 0.270 e. The normalized spacial score (nSPS) is 39.0. The second-order valence-corrected chi connectivity index (χ2v) is 5.91. The Hall–Kier alpha value is -1.62. The van der Waals surface area contributed by atoms with E-state index in [-0.39, 0.29) is 5.82 Å². The van der Waals surface area contributed by atoms with Crippen molar-refractivity contribution in [1.29, 1.82) is 0 Å². The predicted molar refractivity (Wildman–Crippen MR) is 63.2 cm³/mol. The van der Waals surface area contributed by atoms with Crippen LogP contribution in [-0.2, 0) is 18.3 Å².